The molecule has 1 N–H and O–H groups in total. The maximum atomic E-state index is 12.9. The molecule has 2 atom stereocenters. The minimum atomic E-state index is -2.57. The van der Waals surface area contributed by atoms with Crippen LogP contribution in [0.25, 0.3) is 0 Å². The van der Waals surface area contributed by atoms with E-state index >= 15 is 0 Å². The third-order valence-electron chi connectivity index (χ3n) is 4.56. The molecular weight excluding hydrogens is 326 g/mol. The van der Waals surface area contributed by atoms with Gasteiger partial charge in [-0.25, -0.2) is 18.6 Å². The standard InChI is InChI=1S/C18H22F2N4O/c19-17(20)12-24(11-14-5-2-1-3-6-14)18(25)22-15-7-4-8-16(15)23-10-9-21-13-23/h1-3,5-6,9-10,13,15-17H,4,7-8,11-12H2,(H,22,25)/t15-,16+/m1/s1. The molecule has 1 aromatic carbocycles. The lowest BCUT2D eigenvalue weighted by Crippen LogP contribution is -2.47. The van der Waals surface area contributed by atoms with Gasteiger partial charge in [0.1, 0.15) is 0 Å². The molecule has 0 radical (unpaired) electrons. The van der Waals surface area contributed by atoms with E-state index in [4.69, 9.17) is 0 Å². The zero-order chi connectivity index (χ0) is 17.6. The highest BCUT2D eigenvalue weighted by Gasteiger charge is 2.31. The summed E-state index contributed by atoms with van der Waals surface area (Å²) in [5.74, 6) is 0. The predicted octanol–water partition coefficient (Wildman–Crippen LogP) is 3.45. The summed E-state index contributed by atoms with van der Waals surface area (Å²) in [4.78, 5) is 17.8. The largest absolute Gasteiger partial charge is 0.333 e. The number of alkyl halides is 2. The number of aromatic nitrogens is 2. The van der Waals surface area contributed by atoms with Gasteiger partial charge in [0.05, 0.1) is 25.0 Å². The van der Waals surface area contributed by atoms with Crippen LogP contribution in [0.4, 0.5) is 13.6 Å². The van der Waals surface area contributed by atoms with Crippen LogP contribution >= 0.6 is 0 Å². The molecular formula is C18H22F2N4O. The normalized spacial score (nSPS) is 20.0. The molecule has 0 bridgehead atoms. The van der Waals surface area contributed by atoms with Gasteiger partial charge in [-0.05, 0) is 24.8 Å². The fraction of sp³-hybridized carbons (Fsp3) is 0.444. The molecule has 7 heteroatoms. The lowest BCUT2D eigenvalue weighted by Gasteiger charge is -2.28. The van der Waals surface area contributed by atoms with E-state index in [1.54, 1.807) is 12.5 Å². The smallest absolute Gasteiger partial charge is 0.318 e. The van der Waals surface area contributed by atoms with Crippen LogP contribution in [-0.4, -0.2) is 39.5 Å². The number of carbonyl (C=O) groups excluding carboxylic acids is 1. The van der Waals surface area contributed by atoms with Crippen LogP contribution in [0.2, 0.25) is 0 Å². The number of imidazole rings is 1. The minimum Gasteiger partial charge on any atom is -0.333 e. The SMILES string of the molecule is O=C(N[C@@H]1CCC[C@@H]1n1ccnc1)N(Cc1ccccc1)CC(F)F. The van der Waals surface area contributed by atoms with Gasteiger partial charge in [-0.2, -0.15) is 0 Å². The number of nitrogens with one attached hydrogen (secondary N) is 1. The second-order valence-electron chi connectivity index (χ2n) is 6.32. The van der Waals surface area contributed by atoms with Crippen molar-refractivity contribution in [2.24, 2.45) is 0 Å². The summed E-state index contributed by atoms with van der Waals surface area (Å²) >= 11 is 0. The number of carbonyl (C=O) groups is 1. The quantitative estimate of drug-likeness (QED) is 0.869. The average molecular weight is 348 g/mol. The maximum absolute atomic E-state index is 12.9. The Kier molecular flexibility index (Phi) is 5.63. The number of nitrogens with zero attached hydrogens (tertiary/aromatic N) is 3. The van der Waals surface area contributed by atoms with E-state index in [0.29, 0.717) is 0 Å². The van der Waals surface area contributed by atoms with Crippen molar-refractivity contribution in [1.29, 1.82) is 0 Å². The van der Waals surface area contributed by atoms with Crippen molar-refractivity contribution >= 4 is 6.03 Å². The lowest BCUT2D eigenvalue weighted by atomic mass is 10.1. The summed E-state index contributed by atoms with van der Waals surface area (Å²) in [7, 11) is 0. The predicted molar refractivity (Wildman–Crippen MR) is 90.3 cm³/mol. The topological polar surface area (TPSA) is 50.2 Å². The summed E-state index contributed by atoms with van der Waals surface area (Å²) in [6.07, 6.45) is 5.50. The number of benzene rings is 1. The van der Waals surface area contributed by atoms with Crippen LogP contribution in [0.5, 0.6) is 0 Å². The fourth-order valence-corrected chi connectivity index (χ4v) is 3.37. The Bertz CT molecular complexity index is 663. The van der Waals surface area contributed by atoms with E-state index < -0.39 is 19.0 Å². The number of halogens is 2. The third-order valence-corrected chi connectivity index (χ3v) is 4.56. The maximum Gasteiger partial charge on any atom is 0.318 e. The van der Waals surface area contributed by atoms with Gasteiger partial charge in [0.25, 0.3) is 6.43 Å². The molecule has 1 heterocycles. The second kappa shape index (κ2) is 8.09. The van der Waals surface area contributed by atoms with E-state index in [1.807, 2.05) is 41.1 Å². The molecule has 0 unspecified atom stereocenters. The van der Waals surface area contributed by atoms with Crippen molar-refractivity contribution in [3.63, 3.8) is 0 Å². The second-order valence-corrected chi connectivity index (χ2v) is 6.32. The van der Waals surface area contributed by atoms with Crippen LogP contribution in [0.15, 0.2) is 49.1 Å². The molecule has 25 heavy (non-hydrogen) atoms. The van der Waals surface area contributed by atoms with Gasteiger partial charge in [0.15, 0.2) is 0 Å². The van der Waals surface area contributed by atoms with Gasteiger partial charge in [-0.1, -0.05) is 30.3 Å². The molecule has 1 saturated carbocycles. The average Bonchev–Trinajstić information content (AvgIpc) is 3.25. The van der Waals surface area contributed by atoms with Gasteiger partial charge >= 0.3 is 6.03 Å². The van der Waals surface area contributed by atoms with Crippen molar-refractivity contribution in [1.82, 2.24) is 19.8 Å². The van der Waals surface area contributed by atoms with Gasteiger partial charge in [-0.3, -0.25) is 0 Å². The molecule has 2 amide bonds. The van der Waals surface area contributed by atoms with Gasteiger partial charge in [0.2, 0.25) is 0 Å². The van der Waals surface area contributed by atoms with E-state index in [0.717, 1.165) is 24.8 Å². The fourth-order valence-electron chi connectivity index (χ4n) is 3.37. The van der Waals surface area contributed by atoms with Crippen molar-refractivity contribution < 1.29 is 13.6 Å². The summed E-state index contributed by atoms with van der Waals surface area (Å²) in [5, 5.41) is 2.95. The molecule has 1 aromatic heterocycles. The zero-order valence-electron chi connectivity index (χ0n) is 13.9. The Hall–Kier alpha value is -2.44. The van der Waals surface area contributed by atoms with Gasteiger partial charge in [-0.15, -0.1) is 0 Å². The number of hydrogen-bond donors (Lipinski definition) is 1. The van der Waals surface area contributed by atoms with Crippen molar-refractivity contribution in [2.45, 2.75) is 44.3 Å². The molecule has 0 aliphatic heterocycles. The summed E-state index contributed by atoms with van der Waals surface area (Å²) < 4.78 is 27.8. The van der Waals surface area contributed by atoms with Crippen LogP contribution in [0.3, 0.4) is 0 Å². The molecule has 1 aliphatic rings. The van der Waals surface area contributed by atoms with E-state index in [9.17, 15) is 13.6 Å². The van der Waals surface area contributed by atoms with E-state index in [2.05, 4.69) is 10.3 Å². The lowest BCUT2D eigenvalue weighted by molar-refractivity contribution is 0.0942. The van der Waals surface area contributed by atoms with Crippen LogP contribution in [-0.2, 0) is 6.54 Å². The first-order valence-corrected chi connectivity index (χ1v) is 8.48. The Balaban J connectivity index is 1.67. The third kappa shape index (κ3) is 4.55. The Morgan fingerprint density at radius 2 is 2.12 bits per heavy atom. The van der Waals surface area contributed by atoms with Crippen molar-refractivity contribution in [3.8, 4) is 0 Å². The molecule has 5 nitrogen and oxygen atoms in total. The number of amides is 2. The first-order chi connectivity index (χ1) is 12.1. The van der Waals surface area contributed by atoms with Gasteiger partial charge < -0.3 is 14.8 Å². The van der Waals surface area contributed by atoms with E-state index in [-0.39, 0.29) is 18.6 Å². The van der Waals surface area contributed by atoms with Crippen LogP contribution in [0, 0.1) is 0 Å². The number of urea groups is 1. The summed E-state index contributed by atoms with van der Waals surface area (Å²) in [6.45, 7) is -0.414. The first kappa shape index (κ1) is 17.4. The van der Waals surface area contributed by atoms with E-state index in [1.165, 1.54) is 4.90 Å². The molecule has 0 saturated heterocycles. The number of hydrogen-bond acceptors (Lipinski definition) is 2. The summed E-state index contributed by atoms with van der Waals surface area (Å²) in [6, 6.07) is 8.79. The molecule has 0 spiro atoms. The van der Waals surface area contributed by atoms with Crippen LogP contribution < -0.4 is 5.32 Å². The Morgan fingerprint density at radius 3 is 2.80 bits per heavy atom. The zero-order valence-corrected chi connectivity index (χ0v) is 13.9. The van der Waals surface area contributed by atoms with Crippen molar-refractivity contribution in [2.75, 3.05) is 6.54 Å². The monoisotopic (exact) mass is 348 g/mol. The minimum absolute atomic E-state index is 0.0716. The summed E-state index contributed by atoms with van der Waals surface area (Å²) in [5.41, 5.74) is 0.830. The van der Waals surface area contributed by atoms with Crippen LogP contribution in [0.1, 0.15) is 30.9 Å². The van der Waals surface area contributed by atoms with Gasteiger partial charge in [0, 0.05) is 18.9 Å². The molecule has 1 aliphatic carbocycles. The molecule has 3 rings (SSSR count). The van der Waals surface area contributed by atoms with Crippen molar-refractivity contribution in [3.05, 3.63) is 54.6 Å². The highest BCUT2D eigenvalue weighted by atomic mass is 19.3. The first-order valence-electron chi connectivity index (χ1n) is 8.48. The highest BCUT2D eigenvalue weighted by Crippen LogP contribution is 2.30. The Morgan fingerprint density at radius 1 is 1.32 bits per heavy atom. The molecule has 134 valence electrons. The molecule has 2 aromatic rings. The highest BCUT2D eigenvalue weighted by molar-refractivity contribution is 5.74. The Labute approximate surface area is 145 Å². The molecule has 1 fully saturated rings. The number of rotatable bonds is 6.